The number of hydrogen-bond donors (Lipinski definition) is 6. The number of aliphatic hydroxyl groups excluding tert-OH is 4. The lowest BCUT2D eigenvalue weighted by Crippen LogP contribution is -2.64. The Bertz CT molecular complexity index is 697. The van der Waals surface area contributed by atoms with Gasteiger partial charge in [0, 0.05) is 12.8 Å². The van der Waals surface area contributed by atoms with Gasteiger partial charge < -0.3 is 40.1 Å². The summed E-state index contributed by atoms with van der Waals surface area (Å²) >= 11 is 0. The van der Waals surface area contributed by atoms with E-state index in [1.165, 1.54) is 13.8 Å². The highest BCUT2D eigenvalue weighted by Crippen LogP contribution is 2.49. The van der Waals surface area contributed by atoms with E-state index in [1.807, 2.05) is 6.92 Å². The lowest BCUT2D eigenvalue weighted by Gasteiger charge is -2.47. The average molecular weight is 430 g/mol. The van der Waals surface area contributed by atoms with E-state index in [9.17, 15) is 35.4 Å². The Morgan fingerprint density at radius 3 is 2.40 bits per heavy atom. The standard InChI is InChI=1S/C21H34O9/c1-9-5-15(30-19-18(26)17(25)16(24)14(8-22)29-19)21(28,20(3,4)27)7-12-10(2)13(23)6-11(9)12/h9,11,14-19,22,24-28H,5-8H2,1-4H3/t9-,11-,14+,15-,16+,17-,18+,19-,21-/m0/s1. The molecule has 9 nitrogen and oxygen atoms in total. The molecule has 0 aromatic carbocycles. The number of Topliss-reactive ketones (excluding diaryl/α,β-unsaturated/α-hetero) is 1. The van der Waals surface area contributed by atoms with Gasteiger partial charge in [0.1, 0.15) is 30.0 Å². The fourth-order valence-electron chi connectivity index (χ4n) is 4.96. The summed E-state index contributed by atoms with van der Waals surface area (Å²) in [6.45, 7) is 5.98. The third-order valence-electron chi connectivity index (χ3n) is 7.22. The SMILES string of the molecule is CC1=C2C[C@@](O)(C(C)(C)O)[C@@H](O[C@@H]3O[C@H](CO)[C@@H](O)[C@H](O)[C@H]3O)C[C@H](C)[C@@H]2CC1=O. The summed E-state index contributed by atoms with van der Waals surface area (Å²) in [6.07, 6.45) is -7.70. The number of carbonyl (C=O) groups excluding carboxylic acids is 1. The second-order valence-corrected chi connectivity index (χ2v) is 9.58. The normalized spacial score (nSPS) is 45.5. The number of fused-ring (bicyclic) bond motifs is 1. The molecular formula is C21H34O9. The predicted octanol–water partition coefficient (Wildman–Crippen LogP) is -0.991. The summed E-state index contributed by atoms with van der Waals surface area (Å²) in [5, 5.41) is 62.3. The number of allylic oxidation sites excluding steroid dienone is 1. The largest absolute Gasteiger partial charge is 0.394 e. The number of ether oxygens (including phenoxy) is 2. The molecule has 6 N–H and O–H groups in total. The Labute approximate surface area is 175 Å². The van der Waals surface area contributed by atoms with Gasteiger partial charge in [0.05, 0.1) is 18.3 Å². The van der Waals surface area contributed by atoms with Crippen molar-refractivity contribution in [2.75, 3.05) is 6.61 Å². The average Bonchev–Trinajstić information content (AvgIpc) is 2.88. The van der Waals surface area contributed by atoms with E-state index in [4.69, 9.17) is 9.47 Å². The van der Waals surface area contributed by atoms with Crippen LogP contribution in [0.15, 0.2) is 11.1 Å². The number of carbonyl (C=O) groups is 1. The molecule has 0 unspecified atom stereocenters. The molecule has 9 heteroatoms. The highest BCUT2D eigenvalue weighted by Gasteiger charge is 2.56. The summed E-state index contributed by atoms with van der Waals surface area (Å²) in [5.74, 6) is -0.101. The summed E-state index contributed by atoms with van der Waals surface area (Å²) < 4.78 is 11.4. The molecule has 2 fully saturated rings. The highest BCUT2D eigenvalue weighted by molar-refractivity contribution is 5.98. The molecule has 1 heterocycles. The van der Waals surface area contributed by atoms with Gasteiger partial charge in [-0.15, -0.1) is 0 Å². The summed E-state index contributed by atoms with van der Waals surface area (Å²) in [5.41, 5.74) is -2.03. The van der Waals surface area contributed by atoms with Gasteiger partial charge in [-0.25, -0.2) is 0 Å². The Hall–Kier alpha value is -0.910. The van der Waals surface area contributed by atoms with Crippen molar-refractivity contribution < 1.29 is 44.9 Å². The fourth-order valence-corrected chi connectivity index (χ4v) is 4.96. The minimum atomic E-state index is -1.81. The van der Waals surface area contributed by atoms with E-state index in [-0.39, 0.29) is 30.5 Å². The molecule has 30 heavy (non-hydrogen) atoms. The van der Waals surface area contributed by atoms with Crippen molar-refractivity contribution in [2.45, 2.75) is 95.0 Å². The van der Waals surface area contributed by atoms with E-state index in [1.54, 1.807) is 6.92 Å². The van der Waals surface area contributed by atoms with Crippen LogP contribution in [0, 0.1) is 11.8 Å². The molecule has 1 saturated carbocycles. The van der Waals surface area contributed by atoms with Crippen molar-refractivity contribution in [3.05, 3.63) is 11.1 Å². The van der Waals surface area contributed by atoms with Gasteiger partial charge in [-0.3, -0.25) is 4.79 Å². The molecular weight excluding hydrogens is 396 g/mol. The smallest absolute Gasteiger partial charge is 0.187 e. The van der Waals surface area contributed by atoms with Gasteiger partial charge in [0.15, 0.2) is 12.1 Å². The van der Waals surface area contributed by atoms with Crippen molar-refractivity contribution in [3.8, 4) is 0 Å². The molecule has 0 amide bonds. The first kappa shape index (κ1) is 23.7. The van der Waals surface area contributed by atoms with Gasteiger partial charge in [0.2, 0.25) is 0 Å². The molecule has 2 aliphatic carbocycles. The van der Waals surface area contributed by atoms with E-state index in [0.29, 0.717) is 12.0 Å². The second-order valence-electron chi connectivity index (χ2n) is 9.58. The van der Waals surface area contributed by atoms with Crippen LogP contribution in [-0.2, 0) is 14.3 Å². The first-order valence-corrected chi connectivity index (χ1v) is 10.4. The predicted molar refractivity (Wildman–Crippen MR) is 104 cm³/mol. The third-order valence-corrected chi connectivity index (χ3v) is 7.22. The van der Waals surface area contributed by atoms with Crippen molar-refractivity contribution in [2.24, 2.45) is 11.8 Å². The maximum atomic E-state index is 12.3. The molecule has 0 radical (unpaired) electrons. The van der Waals surface area contributed by atoms with Crippen LogP contribution >= 0.6 is 0 Å². The fraction of sp³-hybridized carbons (Fsp3) is 0.857. The van der Waals surface area contributed by atoms with Crippen LogP contribution in [0.4, 0.5) is 0 Å². The number of ketones is 1. The van der Waals surface area contributed by atoms with E-state index < -0.39 is 54.6 Å². The monoisotopic (exact) mass is 430 g/mol. The number of rotatable bonds is 4. The maximum absolute atomic E-state index is 12.3. The molecule has 0 aromatic rings. The molecule has 0 bridgehead atoms. The van der Waals surface area contributed by atoms with Crippen molar-refractivity contribution in [1.29, 1.82) is 0 Å². The Kier molecular flexibility index (Phi) is 6.50. The van der Waals surface area contributed by atoms with Crippen molar-refractivity contribution in [3.63, 3.8) is 0 Å². The summed E-state index contributed by atoms with van der Waals surface area (Å²) in [6, 6.07) is 0. The quantitative estimate of drug-likeness (QED) is 0.329. The van der Waals surface area contributed by atoms with Crippen LogP contribution in [0.5, 0.6) is 0 Å². The number of aliphatic hydroxyl groups is 6. The topological polar surface area (TPSA) is 157 Å². The van der Waals surface area contributed by atoms with E-state index >= 15 is 0 Å². The molecule has 3 rings (SSSR count). The number of hydrogen-bond acceptors (Lipinski definition) is 9. The summed E-state index contributed by atoms with van der Waals surface area (Å²) in [4.78, 5) is 12.3. The molecule has 172 valence electrons. The Balaban J connectivity index is 1.95. The minimum absolute atomic E-state index is 0.0190. The zero-order valence-electron chi connectivity index (χ0n) is 17.9. The van der Waals surface area contributed by atoms with E-state index in [2.05, 4.69) is 0 Å². The molecule has 1 aliphatic heterocycles. The van der Waals surface area contributed by atoms with E-state index in [0.717, 1.165) is 5.57 Å². The van der Waals surface area contributed by atoms with Crippen LogP contribution in [-0.4, -0.2) is 91.0 Å². The van der Waals surface area contributed by atoms with Crippen LogP contribution in [0.2, 0.25) is 0 Å². The molecule has 1 saturated heterocycles. The van der Waals surface area contributed by atoms with Gasteiger partial charge >= 0.3 is 0 Å². The van der Waals surface area contributed by atoms with Crippen molar-refractivity contribution in [1.82, 2.24) is 0 Å². The summed E-state index contributed by atoms with van der Waals surface area (Å²) in [7, 11) is 0. The molecule has 9 atom stereocenters. The first-order valence-electron chi connectivity index (χ1n) is 10.4. The van der Waals surface area contributed by atoms with Crippen LogP contribution in [0.3, 0.4) is 0 Å². The van der Waals surface area contributed by atoms with Crippen LogP contribution in [0.25, 0.3) is 0 Å². The molecule has 0 aromatic heterocycles. The molecule has 3 aliphatic rings. The first-order chi connectivity index (χ1) is 13.8. The van der Waals surface area contributed by atoms with Gasteiger partial charge in [-0.1, -0.05) is 12.5 Å². The Morgan fingerprint density at radius 2 is 1.83 bits per heavy atom. The lowest BCUT2D eigenvalue weighted by molar-refractivity contribution is -0.333. The third kappa shape index (κ3) is 3.86. The second kappa shape index (κ2) is 8.22. The van der Waals surface area contributed by atoms with Crippen LogP contribution in [0.1, 0.15) is 47.0 Å². The maximum Gasteiger partial charge on any atom is 0.187 e. The van der Waals surface area contributed by atoms with Crippen LogP contribution < -0.4 is 0 Å². The zero-order valence-corrected chi connectivity index (χ0v) is 17.9. The van der Waals surface area contributed by atoms with Gasteiger partial charge in [-0.2, -0.15) is 0 Å². The Morgan fingerprint density at radius 1 is 1.20 bits per heavy atom. The zero-order chi connectivity index (χ0) is 22.6. The molecule has 0 spiro atoms. The van der Waals surface area contributed by atoms with Gasteiger partial charge in [0.25, 0.3) is 0 Å². The minimum Gasteiger partial charge on any atom is -0.394 e. The van der Waals surface area contributed by atoms with Crippen molar-refractivity contribution >= 4 is 5.78 Å². The highest BCUT2D eigenvalue weighted by atomic mass is 16.7. The van der Waals surface area contributed by atoms with Gasteiger partial charge in [-0.05, 0) is 44.6 Å². The lowest BCUT2D eigenvalue weighted by atomic mass is 9.76.